The number of methoxy groups -OCH3 is 1. The van der Waals surface area contributed by atoms with Crippen LogP contribution in [0.15, 0.2) is 66.2 Å². The van der Waals surface area contributed by atoms with E-state index in [1.54, 1.807) is 13.2 Å². The van der Waals surface area contributed by atoms with E-state index in [0.29, 0.717) is 37.6 Å². The molecular weight excluding hydrogens is 396 g/mol. The van der Waals surface area contributed by atoms with Gasteiger partial charge in [0, 0.05) is 31.6 Å². The summed E-state index contributed by atoms with van der Waals surface area (Å²) in [5, 5.41) is 11.8. The van der Waals surface area contributed by atoms with Crippen LogP contribution in [0, 0.1) is 0 Å². The SMILES string of the molecule is C=CC[C@]1(C(=O)NCc2ccc(OC)cc2)COC(c2ccc(OCCCO)cc2)=N1. The Kier molecular flexibility index (Phi) is 7.67. The van der Waals surface area contributed by atoms with Gasteiger partial charge in [-0.1, -0.05) is 18.2 Å². The zero-order valence-corrected chi connectivity index (χ0v) is 17.7. The predicted molar refractivity (Wildman–Crippen MR) is 119 cm³/mol. The molecule has 3 rings (SSSR count). The molecule has 164 valence electrons. The van der Waals surface area contributed by atoms with Gasteiger partial charge in [-0.25, -0.2) is 4.99 Å². The molecular formula is C24H28N2O5. The highest BCUT2D eigenvalue weighted by molar-refractivity contribution is 6.00. The smallest absolute Gasteiger partial charge is 0.252 e. The third kappa shape index (κ3) is 5.64. The number of benzene rings is 2. The van der Waals surface area contributed by atoms with Crippen molar-refractivity contribution in [1.82, 2.24) is 5.32 Å². The molecule has 0 aromatic heterocycles. The van der Waals surface area contributed by atoms with Gasteiger partial charge in [-0.05, 0) is 42.0 Å². The molecule has 2 N–H and O–H groups in total. The average Bonchev–Trinajstić information content (AvgIpc) is 3.24. The molecule has 0 spiro atoms. The molecule has 0 aliphatic carbocycles. The molecule has 2 aromatic carbocycles. The third-order valence-corrected chi connectivity index (χ3v) is 4.95. The number of aliphatic imine (C=N–C) groups is 1. The molecule has 1 aliphatic heterocycles. The molecule has 2 aromatic rings. The second-order valence-corrected chi connectivity index (χ2v) is 7.21. The summed E-state index contributed by atoms with van der Waals surface area (Å²) >= 11 is 0. The van der Waals surface area contributed by atoms with Gasteiger partial charge < -0.3 is 24.6 Å². The van der Waals surface area contributed by atoms with Crippen LogP contribution in [-0.2, 0) is 16.1 Å². The maximum atomic E-state index is 13.0. The molecule has 7 nitrogen and oxygen atoms in total. The van der Waals surface area contributed by atoms with Gasteiger partial charge >= 0.3 is 0 Å². The van der Waals surface area contributed by atoms with Crippen LogP contribution in [0.5, 0.6) is 11.5 Å². The van der Waals surface area contributed by atoms with Gasteiger partial charge in [-0.3, -0.25) is 4.79 Å². The summed E-state index contributed by atoms with van der Waals surface area (Å²) in [6.45, 7) is 4.85. The summed E-state index contributed by atoms with van der Waals surface area (Å²) < 4.78 is 16.5. The van der Waals surface area contributed by atoms with Crippen molar-refractivity contribution in [2.75, 3.05) is 26.9 Å². The van der Waals surface area contributed by atoms with E-state index in [1.165, 1.54) is 0 Å². The van der Waals surface area contributed by atoms with Crippen LogP contribution in [0.4, 0.5) is 0 Å². The van der Waals surface area contributed by atoms with Crippen molar-refractivity contribution in [3.05, 3.63) is 72.3 Å². The van der Waals surface area contributed by atoms with Crippen molar-refractivity contribution < 1.29 is 24.1 Å². The highest BCUT2D eigenvalue weighted by Gasteiger charge is 2.43. The molecule has 0 radical (unpaired) electrons. The van der Waals surface area contributed by atoms with Gasteiger partial charge in [-0.15, -0.1) is 6.58 Å². The molecule has 31 heavy (non-hydrogen) atoms. The van der Waals surface area contributed by atoms with Gasteiger partial charge in [0.25, 0.3) is 5.91 Å². The minimum absolute atomic E-state index is 0.0919. The van der Waals surface area contributed by atoms with Crippen LogP contribution in [0.2, 0.25) is 0 Å². The minimum atomic E-state index is -1.04. The van der Waals surface area contributed by atoms with E-state index in [9.17, 15) is 4.79 Å². The minimum Gasteiger partial charge on any atom is -0.497 e. The van der Waals surface area contributed by atoms with E-state index < -0.39 is 5.54 Å². The van der Waals surface area contributed by atoms with Crippen molar-refractivity contribution in [3.8, 4) is 11.5 Å². The Bertz CT molecular complexity index is 909. The summed E-state index contributed by atoms with van der Waals surface area (Å²) in [5.41, 5.74) is 0.686. The molecule has 0 saturated heterocycles. The maximum absolute atomic E-state index is 13.0. The number of hydrogen-bond donors (Lipinski definition) is 2. The van der Waals surface area contributed by atoms with Crippen molar-refractivity contribution >= 4 is 11.8 Å². The Hall–Kier alpha value is -3.32. The Morgan fingerprint density at radius 1 is 1.23 bits per heavy atom. The molecule has 1 heterocycles. The third-order valence-electron chi connectivity index (χ3n) is 4.95. The number of hydrogen-bond acceptors (Lipinski definition) is 6. The molecule has 1 amide bonds. The van der Waals surface area contributed by atoms with Crippen LogP contribution in [0.3, 0.4) is 0 Å². The molecule has 7 heteroatoms. The van der Waals surface area contributed by atoms with Crippen molar-refractivity contribution in [1.29, 1.82) is 0 Å². The van der Waals surface area contributed by atoms with Crippen LogP contribution in [0.25, 0.3) is 0 Å². The number of rotatable bonds is 11. The first-order valence-electron chi connectivity index (χ1n) is 10.2. The van der Waals surface area contributed by atoms with Gasteiger partial charge in [0.2, 0.25) is 5.90 Å². The molecule has 1 aliphatic rings. The van der Waals surface area contributed by atoms with Gasteiger partial charge in [0.1, 0.15) is 18.1 Å². The molecule has 0 fully saturated rings. The normalized spacial score (nSPS) is 17.4. The summed E-state index contributed by atoms with van der Waals surface area (Å²) in [5.74, 6) is 1.68. The molecule has 0 saturated carbocycles. The van der Waals surface area contributed by atoms with Crippen LogP contribution in [0.1, 0.15) is 24.0 Å². The Morgan fingerprint density at radius 2 is 1.94 bits per heavy atom. The van der Waals surface area contributed by atoms with E-state index >= 15 is 0 Å². The monoisotopic (exact) mass is 424 g/mol. The standard InChI is InChI=1S/C24H28N2O5/c1-3-13-24(23(28)25-16-18-5-9-20(29-2)10-6-18)17-31-22(26-24)19-7-11-21(12-8-19)30-15-4-14-27/h3,5-12,27H,1,4,13-17H2,2H3,(H,25,28)/t24-/m1/s1. The van der Waals surface area contributed by atoms with E-state index in [-0.39, 0.29) is 19.1 Å². The number of aliphatic hydroxyl groups is 1. The maximum Gasteiger partial charge on any atom is 0.252 e. The van der Waals surface area contributed by atoms with Crippen LogP contribution in [-0.4, -0.2) is 49.4 Å². The van der Waals surface area contributed by atoms with E-state index in [4.69, 9.17) is 19.3 Å². The largest absolute Gasteiger partial charge is 0.497 e. The van der Waals surface area contributed by atoms with Gasteiger partial charge in [0.05, 0.1) is 13.7 Å². The quantitative estimate of drug-likeness (QED) is 0.428. The van der Waals surface area contributed by atoms with E-state index in [2.05, 4.69) is 16.9 Å². The van der Waals surface area contributed by atoms with Gasteiger partial charge in [0.15, 0.2) is 5.54 Å². The number of amides is 1. The lowest BCUT2D eigenvalue weighted by Crippen LogP contribution is -2.46. The summed E-state index contributed by atoms with van der Waals surface area (Å²) in [7, 11) is 1.61. The summed E-state index contributed by atoms with van der Waals surface area (Å²) in [6, 6.07) is 14.8. The van der Waals surface area contributed by atoms with Crippen LogP contribution < -0.4 is 14.8 Å². The van der Waals surface area contributed by atoms with Crippen molar-refractivity contribution in [2.45, 2.75) is 24.9 Å². The predicted octanol–water partition coefficient (Wildman–Crippen LogP) is 2.86. The average molecular weight is 424 g/mol. The number of nitrogens with one attached hydrogen (secondary N) is 1. The topological polar surface area (TPSA) is 89.4 Å². The van der Waals surface area contributed by atoms with Gasteiger partial charge in [-0.2, -0.15) is 0 Å². The zero-order valence-electron chi connectivity index (χ0n) is 17.7. The number of carbonyl (C=O) groups excluding carboxylic acids is 1. The fourth-order valence-corrected chi connectivity index (χ4v) is 3.19. The first kappa shape index (κ1) is 22.4. The van der Waals surface area contributed by atoms with E-state index in [0.717, 1.165) is 16.9 Å². The lowest BCUT2D eigenvalue weighted by atomic mass is 9.96. The number of ether oxygens (including phenoxy) is 3. The second-order valence-electron chi connectivity index (χ2n) is 7.21. The number of aliphatic hydroxyl groups excluding tert-OH is 1. The lowest BCUT2D eigenvalue weighted by molar-refractivity contribution is -0.126. The highest BCUT2D eigenvalue weighted by atomic mass is 16.5. The second kappa shape index (κ2) is 10.6. The fraction of sp³-hybridized carbons (Fsp3) is 0.333. The summed E-state index contributed by atoms with van der Waals surface area (Å²) in [4.78, 5) is 17.7. The zero-order chi connectivity index (χ0) is 22.1. The molecule has 1 atom stereocenters. The number of carbonyl (C=O) groups is 1. The fourth-order valence-electron chi connectivity index (χ4n) is 3.19. The Morgan fingerprint density at radius 3 is 2.58 bits per heavy atom. The Labute approximate surface area is 182 Å². The summed E-state index contributed by atoms with van der Waals surface area (Å²) in [6.07, 6.45) is 2.63. The molecule has 0 bridgehead atoms. The first-order chi connectivity index (χ1) is 15.1. The number of nitrogens with zero attached hydrogens (tertiary/aromatic N) is 1. The van der Waals surface area contributed by atoms with Crippen molar-refractivity contribution in [2.24, 2.45) is 4.99 Å². The van der Waals surface area contributed by atoms with Crippen molar-refractivity contribution in [3.63, 3.8) is 0 Å². The first-order valence-corrected chi connectivity index (χ1v) is 10.2. The molecule has 0 unspecified atom stereocenters. The highest BCUT2D eigenvalue weighted by Crippen LogP contribution is 2.27. The Balaban J connectivity index is 1.68. The van der Waals surface area contributed by atoms with E-state index in [1.807, 2.05) is 48.5 Å². The van der Waals surface area contributed by atoms with Crippen LogP contribution >= 0.6 is 0 Å². The lowest BCUT2D eigenvalue weighted by Gasteiger charge is -2.21.